The highest BCUT2D eigenvalue weighted by atomic mass is 19.2. The molecule has 0 spiro atoms. The summed E-state index contributed by atoms with van der Waals surface area (Å²) < 4.78 is 30.9. The van der Waals surface area contributed by atoms with Crippen LogP contribution in [0.2, 0.25) is 0 Å². The van der Waals surface area contributed by atoms with Crippen LogP contribution in [0.25, 0.3) is 0 Å². The van der Waals surface area contributed by atoms with Gasteiger partial charge in [-0.15, -0.1) is 0 Å². The minimum atomic E-state index is -0.969. The van der Waals surface area contributed by atoms with Gasteiger partial charge in [-0.3, -0.25) is 4.79 Å². The molecule has 0 saturated carbocycles. The molecule has 22 heavy (non-hydrogen) atoms. The van der Waals surface area contributed by atoms with E-state index in [1.165, 1.54) is 6.07 Å². The summed E-state index contributed by atoms with van der Waals surface area (Å²) in [5.41, 5.74) is 0.438. The maximum Gasteiger partial charge on any atom is 0.315 e. The molecule has 0 aliphatic heterocycles. The van der Waals surface area contributed by atoms with Gasteiger partial charge in [0, 0.05) is 6.54 Å². The van der Waals surface area contributed by atoms with E-state index in [1.807, 2.05) is 0 Å². The molecule has 1 atom stereocenters. The van der Waals surface area contributed by atoms with Crippen molar-refractivity contribution in [1.82, 2.24) is 10.6 Å². The molecule has 0 bridgehead atoms. The molecule has 1 unspecified atom stereocenters. The average Bonchev–Trinajstić information content (AvgIpc) is 2.40. The number of esters is 1. The lowest BCUT2D eigenvalue weighted by Crippen LogP contribution is -2.38. The second-order valence-corrected chi connectivity index (χ2v) is 5.08. The Kier molecular flexibility index (Phi) is 6.75. The number of carbonyl (C=O) groups is 2. The predicted molar refractivity (Wildman–Crippen MR) is 77.2 cm³/mol. The molecule has 7 heteroatoms. The Balaban J connectivity index is 2.38. The Hall–Kier alpha value is -2.18. The summed E-state index contributed by atoms with van der Waals surface area (Å²) in [6.07, 6.45) is -0.139. The summed E-state index contributed by atoms with van der Waals surface area (Å²) in [7, 11) is 0. The van der Waals surface area contributed by atoms with Gasteiger partial charge in [-0.05, 0) is 38.5 Å². The van der Waals surface area contributed by atoms with Crippen LogP contribution in [0.15, 0.2) is 18.2 Å². The highest BCUT2D eigenvalue weighted by Gasteiger charge is 2.12. The number of carbonyl (C=O) groups excluding carboxylic acids is 2. The van der Waals surface area contributed by atoms with Gasteiger partial charge < -0.3 is 15.4 Å². The van der Waals surface area contributed by atoms with Gasteiger partial charge in [-0.25, -0.2) is 13.6 Å². The Bertz CT molecular complexity index is 536. The van der Waals surface area contributed by atoms with Crippen LogP contribution in [0.4, 0.5) is 13.6 Å². The third kappa shape index (κ3) is 6.07. The van der Waals surface area contributed by atoms with Crippen LogP contribution in [0.1, 0.15) is 38.8 Å². The minimum Gasteiger partial charge on any atom is -0.463 e. The lowest BCUT2D eigenvalue weighted by molar-refractivity contribution is -0.147. The molecule has 2 amide bonds. The average molecular weight is 314 g/mol. The zero-order valence-corrected chi connectivity index (χ0v) is 12.8. The number of ether oxygens (including phenoxy) is 1. The monoisotopic (exact) mass is 314 g/mol. The number of rotatable bonds is 6. The molecule has 122 valence electrons. The fourth-order valence-corrected chi connectivity index (χ4v) is 1.71. The Morgan fingerprint density at radius 1 is 1.18 bits per heavy atom. The van der Waals surface area contributed by atoms with Crippen molar-refractivity contribution in [2.45, 2.75) is 39.3 Å². The van der Waals surface area contributed by atoms with Crippen LogP contribution in [0, 0.1) is 11.6 Å². The lowest BCUT2D eigenvalue weighted by atomic mass is 10.1. The van der Waals surface area contributed by atoms with Gasteiger partial charge in [-0.1, -0.05) is 6.07 Å². The summed E-state index contributed by atoms with van der Waals surface area (Å²) in [6, 6.07) is 2.42. The Labute approximate surface area is 128 Å². The summed E-state index contributed by atoms with van der Waals surface area (Å²) >= 11 is 0. The van der Waals surface area contributed by atoms with Crippen molar-refractivity contribution in [1.29, 1.82) is 0 Å². The quantitative estimate of drug-likeness (QED) is 0.793. The highest BCUT2D eigenvalue weighted by molar-refractivity contribution is 5.75. The summed E-state index contributed by atoms with van der Waals surface area (Å²) in [6.45, 7) is 5.24. The van der Waals surface area contributed by atoms with Gasteiger partial charge in [-0.2, -0.15) is 0 Å². The second-order valence-electron chi connectivity index (χ2n) is 5.08. The van der Waals surface area contributed by atoms with Crippen LogP contribution >= 0.6 is 0 Å². The minimum absolute atomic E-state index is 0.0607. The lowest BCUT2D eigenvalue weighted by Gasteiger charge is -2.15. The number of halogens is 2. The summed E-state index contributed by atoms with van der Waals surface area (Å²) in [5.74, 6) is -2.31. The number of hydrogen-bond acceptors (Lipinski definition) is 3. The molecular formula is C15H20F2N2O3. The van der Waals surface area contributed by atoms with Gasteiger partial charge in [0.1, 0.15) is 0 Å². The second kappa shape index (κ2) is 8.31. The number of hydrogen-bond donors (Lipinski definition) is 2. The third-order valence-corrected chi connectivity index (χ3v) is 2.77. The van der Waals surface area contributed by atoms with E-state index >= 15 is 0 Å². The summed E-state index contributed by atoms with van der Waals surface area (Å²) in [4.78, 5) is 22.9. The first kappa shape index (κ1) is 17.9. The number of urea groups is 1. The zero-order chi connectivity index (χ0) is 16.7. The first-order valence-corrected chi connectivity index (χ1v) is 6.98. The van der Waals surface area contributed by atoms with Gasteiger partial charge in [0.15, 0.2) is 11.6 Å². The fraction of sp³-hybridized carbons (Fsp3) is 0.467. The molecule has 1 rings (SSSR count). The van der Waals surface area contributed by atoms with Gasteiger partial charge in [0.2, 0.25) is 0 Å². The smallest absolute Gasteiger partial charge is 0.315 e. The molecule has 0 heterocycles. The number of nitrogens with one attached hydrogen (secondary N) is 2. The van der Waals surface area contributed by atoms with Crippen molar-refractivity contribution >= 4 is 12.0 Å². The molecule has 0 saturated heterocycles. The first-order chi connectivity index (χ1) is 10.3. The van der Waals surface area contributed by atoms with E-state index in [0.717, 1.165) is 12.1 Å². The van der Waals surface area contributed by atoms with E-state index in [-0.39, 0.29) is 19.1 Å². The highest BCUT2D eigenvalue weighted by Crippen LogP contribution is 2.15. The van der Waals surface area contributed by atoms with E-state index < -0.39 is 29.7 Å². The molecule has 0 aliphatic rings. The van der Waals surface area contributed by atoms with Crippen LogP contribution in [0.5, 0.6) is 0 Å². The molecule has 2 N–H and O–H groups in total. The molecule has 0 fully saturated rings. The fourth-order valence-electron chi connectivity index (χ4n) is 1.71. The van der Waals surface area contributed by atoms with E-state index in [4.69, 9.17) is 4.74 Å². The van der Waals surface area contributed by atoms with Gasteiger partial charge >= 0.3 is 12.0 Å². The van der Waals surface area contributed by atoms with Crippen molar-refractivity contribution < 1.29 is 23.1 Å². The normalized spacial score (nSPS) is 11.9. The van der Waals surface area contributed by atoms with Crippen LogP contribution < -0.4 is 10.6 Å². The van der Waals surface area contributed by atoms with Crippen molar-refractivity contribution in [3.05, 3.63) is 35.4 Å². The molecule has 5 nitrogen and oxygen atoms in total. The van der Waals surface area contributed by atoms with E-state index in [1.54, 1.807) is 20.8 Å². The van der Waals surface area contributed by atoms with E-state index in [0.29, 0.717) is 5.56 Å². The van der Waals surface area contributed by atoms with Crippen molar-refractivity contribution in [2.75, 3.05) is 6.54 Å². The predicted octanol–water partition coefficient (Wildman–Crippen LogP) is 2.67. The Morgan fingerprint density at radius 3 is 2.45 bits per heavy atom. The maximum atomic E-state index is 13.1. The van der Waals surface area contributed by atoms with Crippen molar-refractivity contribution in [3.63, 3.8) is 0 Å². The van der Waals surface area contributed by atoms with Crippen LogP contribution in [-0.2, 0) is 9.53 Å². The zero-order valence-electron chi connectivity index (χ0n) is 12.8. The third-order valence-electron chi connectivity index (χ3n) is 2.77. The Morgan fingerprint density at radius 2 is 1.86 bits per heavy atom. The SMILES string of the molecule is CC(C)OC(=O)CCNC(=O)NC(C)c1ccc(F)c(F)c1. The summed E-state index contributed by atoms with van der Waals surface area (Å²) in [5, 5.41) is 5.06. The van der Waals surface area contributed by atoms with E-state index in [9.17, 15) is 18.4 Å². The molecule has 0 radical (unpaired) electrons. The van der Waals surface area contributed by atoms with E-state index in [2.05, 4.69) is 10.6 Å². The molecule has 1 aromatic carbocycles. The molecular weight excluding hydrogens is 294 g/mol. The number of benzene rings is 1. The van der Waals surface area contributed by atoms with Gasteiger partial charge in [0.05, 0.1) is 18.6 Å². The van der Waals surface area contributed by atoms with Crippen LogP contribution in [0.3, 0.4) is 0 Å². The largest absolute Gasteiger partial charge is 0.463 e. The van der Waals surface area contributed by atoms with Crippen molar-refractivity contribution in [3.8, 4) is 0 Å². The van der Waals surface area contributed by atoms with Crippen LogP contribution in [-0.4, -0.2) is 24.6 Å². The standard InChI is InChI=1S/C15H20F2N2O3/c1-9(2)22-14(20)6-7-18-15(21)19-10(3)11-4-5-12(16)13(17)8-11/h4-5,8-10H,6-7H2,1-3H3,(H2,18,19,21). The molecule has 0 aromatic heterocycles. The maximum absolute atomic E-state index is 13.1. The molecule has 1 aromatic rings. The van der Waals surface area contributed by atoms with Gasteiger partial charge in [0.25, 0.3) is 0 Å². The first-order valence-electron chi connectivity index (χ1n) is 6.98. The number of amides is 2. The molecule has 0 aliphatic carbocycles. The van der Waals surface area contributed by atoms with Crippen molar-refractivity contribution in [2.24, 2.45) is 0 Å². The topological polar surface area (TPSA) is 67.4 Å².